The van der Waals surface area contributed by atoms with E-state index in [-0.39, 0.29) is 11.8 Å². The Kier molecular flexibility index (Phi) is 5.11. The zero-order valence-corrected chi connectivity index (χ0v) is 15.1. The molecule has 0 aliphatic carbocycles. The minimum Gasteiger partial charge on any atom is -0.488 e. The standard InChI is InChI=1S/C20H22N2O4/c1-4-14(5-2)25-17-10-15(26-18-7-6-12(3)11-21-18)8-13-9-16(20(23)24)22-19(13)17/h6-11,14,22H,4-5H2,1-3H3,(H,23,24). The molecule has 0 aliphatic heterocycles. The number of nitrogens with one attached hydrogen (secondary N) is 1. The van der Waals surface area contributed by atoms with E-state index in [1.54, 1.807) is 30.5 Å². The lowest BCUT2D eigenvalue weighted by molar-refractivity contribution is 0.0691. The average Bonchev–Trinajstić information content (AvgIpc) is 3.06. The smallest absolute Gasteiger partial charge is 0.352 e. The third-order valence-corrected chi connectivity index (χ3v) is 4.21. The highest BCUT2D eigenvalue weighted by Crippen LogP contribution is 2.34. The molecule has 6 nitrogen and oxygen atoms in total. The summed E-state index contributed by atoms with van der Waals surface area (Å²) in [7, 11) is 0. The van der Waals surface area contributed by atoms with Crippen LogP contribution in [0.2, 0.25) is 0 Å². The molecule has 0 saturated carbocycles. The predicted octanol–water partition coefficient (Wildman–Crippen LogP) is 4.93. The summed E-state index contributed by atoms with van der Waals surface area (Å²) in [4.78, 5) is 18.5. The van der Waals surface area contributed by atoms with E-state index >= 15 is 0 Å². The Balaban J connectivity index is 2.02. The van der Waals surface area contributed by atoms with Gasteiger partial charge in [-0.3, -0.25) is 0 Å². The molecule has 0 atom stereocenters. The van der Waals surface area contributed by atoms with Gasteiger partial charge < -0.3 is 19.6 Å². The van der Waals surface area contributed by atoms with Crippen molar-refractivity contribution in [2.45, 2.75) is 39.7 Å². The van der Waals surface area contributed by atoms with Gasteiger partial charge in [0.2, 0.25) is 5.88 Å². The predicted molar refractivity (Wildman–Crippen MR) is 99.3 cm³/mol. The normalized spacial score (nSPS) is 11.1. The van der Waals surface area contributed by atoms with Crippen LogP contribution in [-0.2, 0) is 0 Å². The van der Waals surface area contributed by atoms with Gasteiger partial charge in [0.05, 0.1) is 11.6 Å². The Morgan fingerprint density at radius 2 is 2.00 bits per heavy atom. The Hall–Kier alpha value is -3.02. The summed E-state index contributed by atoms with van der Waals surface area (Å²) in [5.74, 6) is 0.575. The van der Waals surface area contributed by atoms with E-state index in [1.165, 1.54) is 0 Å². The molecule has 3 aromatic rings. The number of pyridine rings is 1. The molecule has 26 heavy (non-hydrogen) atoms. The lowest BCUT2D eigenvalue weighted by Gasteiger charge is -2.17. The van der Waals surface area contributed by atoms with E-state index in [4.69, 9.17) is 9.47 Å². The van der Waals surface area contributed by atoms with Crippen molar-refractivity contribution in [2.75, 3.05) is 0 Å². The highest BCUT2D eigenvalue weighted by atomic mass is 16.5. The second-order valence-electron chi connectivity index (χ2n) is 6.21. The summed E-state index contributed by atoms with van der Waals surface area (Å²) in [6.45, 7) is 6.07. The first-order valence-electron chi connectivity index (χ1n) is 8.67. The maximum atomic E-state index is 11.3. The fourth-order valence-corrected chi connectivity index (χ4v) is 2.72. The topological polar surface area (TPSA) is 84.4 Å². The van der Waals surface area contributed by atoms with Gasteiger partial charge in [0.15, 0.2) is 0 Å². The number of hydrogen-bond acceptors (Lipinski definition) is 4. The van der Waals surface area contributed by atoms with Crippen LogP contribution in [0.15, 0.2) is 36.5 Å². The van der Waals surface area contributed by atoms with Gasteiger partial charge in [-0.1, -0.05) is 19.9 Å². The molecule has 3 rings (SSSR count). The lowest BCUT2D eigenvalue weighted by atomic mass is 10.2. The molecule has 0 aliphatic rings. The first-order chi connectivity index (χ1) is 12.5. The maximum Gasteiger partial charge on any atom is 0.352 e. The van der Waals surface area contributed by atoms with E-state index in [1.807, 2.05) is 13.0 Å². The molecular formula is C20H22N2O4. The number of carbonyl (C=O) groups is 1. The Labute approximate surface area is 151 Å². The van der Waals surface area contributed by atoms with Crippen molar-refractivity contribution < 1.29 is 19.4 Å². The average molecular weight is 354 g/mol. The van der Waals surface area contributed by atoms with Crippen LogP contribution in [-0.4, -0.2) is 27.1 Å². The van der Waals surface area contributed by atoms with Crippen LogP contribution >= 0.6 is 0 Å². The second-order valence-corrected chi connectivity index (χ2v) is 6.21. The highest BCUT2D eigenvalue weighted by molar-refractivity contribution is 5.96. The Bertz CT molecular complexity index is 911. The summed E-state index contributed by atoms with van der Waals surface area (Å²) in [6, 6.07) is 8.83. The number of ether oxygens (including phenoxy) is 2. The van der Waals surface area contributed by atoms with E-state index < -0.39 is 5.97 Å². The van der Waals surface area contributed by atoms with Gasteiger partial charge in [-0.25, -0.2) is 9.78 Å². The van der Waals surface area contributed by atoms with E-state index in [2.05, 4.69) is 23.8 Å². The molecule has 0 amide bonds. The minimum absolute atomic E-state index is 0.0440. The SMILES string of the molecule is CCC(CC)Oc1cc(Oc2ccc(C)cn2)cc2cc(C(=O)O)[nH]c12. The molecule has 1 aromatic carbocycles. The summed E-state index contributed by atoms with van der Waals surface area (Å²) in [5, 5.41) is 9.98. The van der Waals surface area contributed by atoms with Gasteiger partial charge in [0, 0.05) is 23.7 Å². The largest absolute Gasteiger partial charge is 0.488 e. The summed E-state index contributed by atoms with van der Waals surface area (Å²) in [6.07, 6.45) is 3.49. The molecule has 0 bridgehead atoms. The van der Waals surface area contributed by atoms with Crippen LogP contribution < -0.4 is 9.47 Å². The summed E-state index contributed by atoms with van der Waals surface area (Å²) < 4.78 is 11.9. The molecule has 0 unspecified atom stereocenters. The molecule has 0 spiro atoms. The number of rotatable bonds is 7. The van der Waals surface area contributed by atoms with Crippen molar-refractivity contribution in [3.8, 4) is 17.4 Å². The summed E-state index contributed by atoms with van der Waals surface area (Å²) in [5.41, 5.74) is 1.81. The summed E-state index contributed by atoms with van der Waals surface area (Å²) >= 11 is 0. The number of carboxylic acids is 1. The Morgan fingerprint density at radius 1 is 1.23 bits per heavy atom. The minimum atomic E-state index is -1.02. The van der Waals surface area contributed by atoms with Crippen LogP contribution in [0.25, 0.3) is 10.9 Å². The number of nitrogens with zero attached hydrogens (tertiary/aromatic N) is 1. The fraction of sp³-hybridized carbons (Fsp3) is 0.300. The van der Waals surface area contributed by atoms with Gasteiger partial charge in [-0.05, 0) is 37.5 Å². The van der Waals surface area contributed by atoms with Crippen LogP contribution in [0, 0.1) is 6.92 Å². The van der Waals surface area contributed by atoms with Gasteiger partial charge in [0.1, 0.15) is 17.2 Å². The molecular weight excluding hydrogens is 332 g/mol. The number of benzene rings is 1. The number of aromatic nitrogens is 2. The molecule has 0 radical (unpaired) electrons. The quantitative estimate of drug-likeness (QED) is 0.628. The number of aromatic amines is 1. The first-order valence-corrected chi connectivity index (χ1v) is 8.67. The van der Waals surface area contributed by atoms with Crippen LogP contribution in [0.3, 0.4) is 0 Å². The number of aryl methyl sites for hydroxylation is 1. The van der Waals surface area contributed by atoms with Gasteiger partial charge in [0.25, 0.3) is 0 Å². The van der Waals surface area contributed by atoms with Crippen molar-refractivity contribution >= 4 is 16.9 Å². The molecule has 0 saturated heterocycles. The number of carboxylic acid groups (broad SMARTS) is 1. The fourth-order valence-electron chi connectivity index (χ4n) is 2.72. The number of H-pyrrole nitrogens is 1. The zero-order valence-electron chi connectivity index (χ0n) is 15.1. The van der Waals surface area contributed by atoms with Crippen molar-refractivity contribution in [2.24, 2.45) is 0 Å². The number of aromatic carboxylic acids is 1. The van der Waals surface area contributed by atoms with Crippen molar-refractivity contribution in [3.63, 3.8) is 0 Å². The highest BCUT2D eigenvalue weighted by Gasteiger charge is 2.16. The first kappa shape index (κ1) is 17.8. The molecule has 136 valence electrons. The van der Waals surface area contributed by atoms with Crippen LogP contribution in [0.1, 0.15) is 42.7 Å². The number of hydrogen-bond donors (Lipinski definition) is 2. The monoisotopic (exact) mass is 354 g/mol. The van der Waals surface area contributed by atoms with Gasteiger partial charge in [-0.2, -0.15) is 0 Å². The third kappa shape index (κ3) is 3.79. The van der Waals surface area contributed by atoms with Crippen LogP contribution in [0.4, 0.5) is 0 Å². The van der Waals surface area contributed by atoms with E-state index in [9.17, 15) is 9.90 Å². The molecule has 2 aromatic heterocycles. The van der Waals surface area contributed by atoms with E-state index in [0.717, 1.165) is 18.4 Å². The van der Waals surface area contributed by atoms with Crippen LogP contribution in [0.5, 0.6) is 17.4 Å². The molecule has 2 heterocycles. The second kappa shape index (κ2) is 7.47. The lowest BCUT2D eigenvalue weighted by Crippen LogP contribution is -2.13. The molecule has 0 fully saturated rings. The van der Waals surface area contributed by atoms with Crippen molar-refractivity contribution in [1.82, 2.24) is 9.97 Å². The van der Waals surface area contributed by atoms with Crippen molar-refractivity contribution in [1.29, 1.82) is 0 Å². The zero-order chi connectivity index (χ0) is 18.7. The Morgan fingerprint density at radius 3 is 2.62 bits per heavy atom. The third-order valence-electron chi connectivity index (χ3n) is 4.21. The van der Waals surface area contributed by atoms with Gasteiger partial charge >= 0.3 is 5.97 Å². The number of fused-ring (bicyclic) bond motifs is 1. The maximum absolute atomic E-state index is 11.3. The van der Waals surface area contributed by atoms with E-state index in [0.29, 0.717) is 28.3 Å². The molecule has 6 heteroatoms. The van der Waals surface area contributed by atoms with Gasteiger partial charge in [-0.15, -0.1) is 0 Å². The molecule has 2 N–H and O–H groups in total. The van der Waals surface area contributed by atoms with Crippen molar-refractivity contribution in [3.05, 3.63) is 47.8 Å².